The molecular weight excluding hydrogens is 433 g/mol. The van der Waals surface area contributed by atoms with Crippen LogP contribution in [0.1, 0.15) is 49.4 Å². The Hall–Kier alpha value is -4.04. The number of nitrogens with zero attached hydrogens (tertiary/aromatic N) is 1. The quantitative estimate of drug-likeness (QED) is 0.331. The van der Waals surface area contributed by atoms with Crippen LogP contribution < -0.4 is 22.9 Å². The zero-order chi connectivity index (χ0) is 24.5. The molecule has 0 aromatic heterocycles. The first-order valence-corrected chi connectivity index (χ1v) is 10.9. The zero-order valence-corrected chi connectivity index (χ0v) is 18.6. The van der Waals surface area contributed by atoms with Crippen molar-refractivity contribution in [3.8, 4) is 0 Å². The van der Waals surface area contributed by atoms with E-state index in [4.69, 9.17) is 22.9 Å². The van der Waals surface area contributed by atoms with E-state index in [0.29, 0.717) is 36.1 Å². The summed E-state index contributed by atoms with van der Waals surface area (Å²) in [7, 11) is 0. The molecule has 0 aliphatic heterocycles. The molecule has 1 aliphatic rings. The Labute approximate surface area is 196 Å². The molecule has 8 heteroatoms. The van der Waals surface area contributed by atoms with Gasteiger partial charge in [0, 0.05) is 11.1 Å². The van der Waals surface area contributed by atoms with Gasteiger partial charge in [-0.2, -0.15) is 0 Å². The number of benzene rings is 3. The standard InChI is InChI=1S/C26H26FN5O2/c27-19-5-7-20(8-6-19)32-25(31)26(11-12-28)21-9-3-17(23(29)33)13-15(21)1-2-16-14-18(24(30)34)4-10-22(16)26/h3-10,13-14H,1-2,11-12,28H2,(H2,29,33)(H2,30,34)(H2,31,32). The summed E-state index contributed by atoms with van der Waals surface area (Å²) in [5.41, 5.74) is 27.7. The van der Waals surface area contributed by atoms with Crippen LogP contribution in [-0.4, -0.2) is 24.2 Å². The SMILES string of the molecule is NCCC1(C(N)=Nc2ccc(F)cc2)c2ccc(C(N)=O)cc2CCc2cc(C(N)=O)ccc21. The number of fused-ring (bicyclic) bond motifs is 2. The predicted octanol–water partition coefficient (Wildman–Crippen LogP) is 2.45. The van der Waals surface area contributed by atoms with Crippen LogP contribution in [-0.2, 0) is 18.3 Å². The molecule has 0 fully saturated rings. The lowest BCUT2D eigenvalue weighted by molar-refractivity contribution is 0.0991. The van der Waals surface area contributed by atoms with E-state index >= 15 is 0 Å². The molecule has 0 saturated heterocycles. The van der Waals surface area contributed by atoms with Gasteiger partial charge in [0.05, 0.1) is 11.1 Å². The maximum absolute atomic E-state index is 13.5. The molecule has 0 atom stereocenters. The van der Waals surface area contributed by atoms with Gasteiger partial charge >= 0.3 is 0 Å². The predicted molar refractivity (Wildman–Crippen MR) is 129 cm³/mol. The molecule has 0 radical (unpaired) electrons. The second-order valence-electron chi connectivity index (χ2n) is 8.39. The molecule has 4 rings (SSSR count). The van der Waals surface area contributed by atoms with Crippen molar-refractivity contribution in [1.82, 2.24) is 0 Å². The molecule has 0 bridgehead atoms. The molecule has 3 aromatic carbocycles. The number of aryl methyl sites for hydroxylation is 2. The fourth-order valence-corrected chi connectivity index (χ4v) is 4.79. The number of hydrogen-bond acceptors (Lipinski definition) is 4. The third kappa shape index (κ3) is 4.04. The van der Waals surface area contributed by atoms with E-state index in [1.165, 1.54) is 12.1 Å². The van der Waals surface area contributed by atoms with Gasteiger partial charge in [0.25, 0.3) is 0 Å². The van der Waals surface area contributed by atoms with Crippen LogP contribution >= 0.6 is 0 Å². The summed E-state index contributed by atoms with van der Waals surface area (Å²) in [4.78, 5) is 28.4. The largest absolute Gasteiger partial charge is 0.386 e. The molecule has 0 heterocycles. The lowest BCUT2D eigenvalue weighted by Crippen LogP contribution is -2.45. The first kappa shape index (κ1) is 23.1. The highest BCUT2D eigenvalue weighted by Gasteiger charge is 2.42. The van der Waals surface area contributed by atoms with E-state index in [-0.39, 0.29) is 18.2 Å². The van der Waals surface area contributed by atoms with Crippen LogP contribution in [0, 0.1) is 5.82 Å². The number of halogens is 1. The number of aliphatic imine (C=N–C) groups is 1. The Morgan fingerprint density at radius 3 is 1.76 bits per heavy atom. The molecule has 3 aromatic rings. The monoisotopic (exact) mass is 459 g/mol. The number of amides is 2. The highest BCUT2D eigenvalue weighted by Crippen LogP contribution is 2.43. The Morgan fingerprint density at radius 1 is 0.824 bits per heavy atom. The number of carbonyl (C=O) groups excluding carboxylic acids is 2. The van der Waals surface area contributed by atoms with Gasteiger partial charge in [0.2, 0.25) is 11.8 Å². The van der Waals surface area contributed by atoms with Gasteiger partial charge in [0.1, 0.15) is 11.7 Å². The summed E-state index contributed by atoms with van der Waals surface area (Å²) in [5.74, 6) is -1.17. The minimum atomic E-state index is -0.948. The maximum Gasteiger partial charge on any atom is 0.248 e. The molecular formula is C26H26FN5O2. The van der Waals surface area contributed by atoms with Crippen molar-refractivity contribution in [2.75, 3.05) is 6.54 Å². The minimum Gasteiger partial charge on any atom is -0.386 e. The van der Waals surface area contributed by atoms with Crippen molar-refractivity contribution in [3.05, 3.63) is 99.9 Å². The van der Waals surface area contributed by atoms with Gasteiger partial charge in [-0.25, -0.2) is 9.38 Å². The normalized spacial score (nSPS) is 14.6. The first-order chi connectivity index (χ1) is 16.3. The zero-order valence-electron chi connectivity index (χ0n) is 18.6. The van der Waals surface area contributed by atoms with Crippen molar-refractivity contribution >= 4 is 23.3 Å². The third-order valence-corrected chi connectivity index (χ3v) is 6.40. The lowest BCUT2D eigenvalue weighted by Gasteiger charge is -2.36. The van der Waals surface area contributed by atoms with Gasteiger partial charge in [0.15, 0.2) is 0 Å². The Balaban J connectivity index is 2.03. The summed E-state index contributed by atoms with van der Waals surface area (Å²) < 4.78 is 13.5. The molecule has 174 valence electrons. The topological polar surface area (TPSA) is 151 Å². The van der Waals surface area contributed by atoms with Crippen LogP contribution in [0.3, 0.4) is 0 Å². The van der Waals surface area contributed by atoms with E-state index < -0.39 is 17.2 Å². The second-order valence-corrected chi connectivity index (χ2v) is 8.39. The van der Waals surface area contributed by atoms with Gasteiger partial charge in [-0.15, -0.1) is 0 Å². The van der Waals surface area contributed by atoms with Crippen molar-refractivity contribution in [3.63, 3.8) is 0 Å². The molecule has 0 saturated carbocycles. The summed E-state index contributed by atoms with van der Waals surface area (Å²) in [5, 5.41) is 0. The summed E-state index contributed by atoms with van der Waals surface area (Å²) in [6.07, 6.45) is 1.58. The smallest absolute Gasteiger partial charge is 0.248 e. The molecule has 0 spiro atoms. The third-order valence-electron chi connectivity index (χ3n) is 6.40. The van der Waals surface area contributed by atoms with Gasteiger partial charge < -0.3 is 22.9 Å². The van der Waals surface area contributed by atoms with Crippen LogP contribution in [0.5, 0.6) is 0 Å². The minimum absolute atomic E-state index is 0.271. The lowest BCUT2D eigenvalue weighted by atomic mass is 9.68. The number of amidine groups is 1. The average molecular weight is 460 g/mol. The van der Waals surface area contributed by atoms with E-state index in [1.54, 1.807) is 36.4 Å². The van der Waals surface area contributed by atoms with Gasteiger partial charge in [-0.1, -0.05) is 12.1 Å². The number of hydrogen-bond donors (Lipinski definition) is 4. The highest BCUT2D eigenvalue weighted by atomic mass is 19.1. The number of carbonyl (C=O) groups is 2. The van der Waals surface area contributed by atoms with Gasteiger partial charge in [-0.05, 0) is 96.6 Å². The summed E-state index contributed by atoms with van der Waals surface area (Å²) >= 11 is 0. The fourth-order valence-electron chi connectivity index (χ4n) is 4.79. The van der Waals surface area contributed by atoms with Crippen molar-refractivity contribution in [2.45, 2.75) is 24.7 Å². The number of nitrogens with two attached hydrogens (primary N) is 4. The van der Waals surface area contributed by atoms with Gasteiger partial charge in [-0.3, -0.25) is 9.59 Å². The Morgan fingerprint density at radius 2 is 1.32 bits per heavy atom. The Kier molecular flexibility index (Phi) is 6.17. The van der Waals surface area contributed by atoms with Crippen LogP contribution in [0.4, 0.5) is 10.1 Å². The molecule has 0 unspecified atom stereocenters. The average Bonchev–Trinajstić information content (AvgIpc) is 2.95. The number of rotatable bonds is 6. The molecule has 8 N–H and O–H groups in total. The second kappa shape index (κ2) is 9.07. The summed E-state index contributed by atoms with van der Waals surface area (Å²) in [6.45, 7) is 0.285. The molecule has 7 nitrogen and oxygen atoms in total. The Bertz CT molecular complexity index is 1240. The van der Waals surface area contributed by atoms with Crippen molar-refractivity contribution < 1.29 is 14.0 Å². The molecule has 2 amide bonds. The molecule has 1 aliphatic carbocycles. The maximum atomic E-state index is 13.5. The van der Waals surface area contributed by atoms with Crippen molar-refractivity contribution in [2.24, 2.45) is 27.9 Å². The van der Waals surface area contributed by atoms with E-state index in [2.05, 4.69) is 4.99 Å². The van der Waals surface area contributed by atoms with Crippen molar-refractivity contribution in [1.29, 1.82) is 0 Å². The highest BCUT2D eigenvalue weighted by molar-refractivity contribution is 5.99. The number of primary amides is 2. The van der Waals surface area contributed by atoms with Crippen LogP contribution in [0.15, 0.2) is 65.7 Å². The fraction of sp³-hybridized carbons (Fsp3) is 0.192. The van der Waals surface area contributed by atoms with E-state index in [1.807, 2.05) is 12.1 Å². The summed E-state index contributed by atoms with van der Waals surface area (Å²) in [6, 6.07) is 16.3. The van der Waals surface area contributed by atoms with E-state index in [9.17, 15) is 14.0 Å². The van der Waals surface area contributed by atoms with E-state index in [0.717, 1.165) is 22.3 Å². The van der Waals surface area contributed by atoms with Crippen LogP contribution in [0.25, 0.3) is 0 Å². The first-order valence-electron chi connectivity index (χ1n) is 10.9. The molecule has 34 heavy (non-hydrogen) atoms. The van der Waals surface area contributed by atoms with Crippen LogP contribution in [0.2, 0.25) is 0 Å².